The molecule has 2 amide bonds. The van der Waals surface area contributed by atoms with Crippen LogP contribution in [0.2, 0.25) is 0 Å². The van der Waals surface area contributed by atoms with E-state index >= 15 is 0 Å². The zero-order valence-corrected chi connectivity index (χ0v) is 18.9. The van der Waals surface area contributed by atoms with Gasteiger partial charge >= 0.3 is 0 Å². The fourth-order valence-electron chi connectivity index (χ4n) is 3.49. The molecular weight excluding hydrogens is 435 g/mol. The predicted molar refractivity (Wildman–Crippen MR) is 128 cm³/mol. The Hall–Kier alpha value is -3.71. The minimum Gasteiger partial charge on any atom is -0.484 e. The maximum atomic E-state index is 13.5. The molecule has 0 aliphatic heterocycles. The van der Waals surface area contributed by atoms with E-state index in [2.05, 4.69) is 5.32 Å². The van der Waals surface area contributed by atoms with E-state index in [-0.39, 0.29) is 37.4 Å². The lowest BCUT2D eigenvalue weighted by Gasteiger charge is -2.31. The number of aliphatic hydroxyl groups is 1. The lowest BCUT2D eigenvalue weighted by Crippen LogP contribution is -2.51. The number of para-hydroxylation sites is 1. The Morgan fingerprint density at radius 2 is 1.56 bits per heavy atom. The molecule has 0 heterocycles. The average Bonchev–Trinajstić information content (AvgIpc) is 2.87. The molecule has 0 unspecified atom stereocenters. The summed E-state index contributed by atoms with van der Waals surface area (Å²) in [5.41, 5.74) is 1.58. The first-order valence-corrected chi connectivity index (χ1v) is 11.2. The number of nitrogens with zero attached hydrogens (tertiary/aromatic N) is 1. The topological polar surface area (TPSA) is 78.9 Å². The Kier molecular flexibility index (Phi) is 9.61. The highest BCUT2D eigenvalue weighted by atomic mass is 19.1. The number of ether oxygens (including phenoxy) is 1. The number of rotatable bonds is 12. The lowest BCUT2D eigenvalue weighted by atomic mass is 10.0. The van der Waals surface area contributed by atoms with Gasteiger partial charge in [0.15, 0.2) is 6.61 Å². The largest absolute Gasteiger partial charge is 0.484 e. The first-order chi connectivity index (χ1) is 16.6. The quantitative estimate of drug-likeness (QED) is 0.403. The normalized spacial score (nSPS) is 11.5. The number of aliphatic hydroxyl groups excluding tert-OH is 1. The Morgan fingerprint density at radius 1 is 0.912 bits per heavy atom. The second kappa shape index (κ2) is 13.1. The Labute approximate surface area is 199 Å². The molecule has 0 aliphatic carbocycles. The van der Waals surface area contributed by atoms with Gasteiger partial charge in [0.25, 0.3) is 5.91 Å². The number of benzene rings is 3. The van der Waals surface area contributed by atoms with Gasteiger partial charge in [-0.05, 0) is 41.8 Å². The van der Waals surface area contributed by atoms with E-state index in [9.17, 15) is 14.0 Å². The number of hydrogen-bond acceptors (Lipinski definition) is 4. The van der Waals surface area contributed by atoms with E-state index in [0.29, 0.717) is 30.7 Å². The second-order valence-corrected chi connectivity index (χ2v) is 7.82. The first kappa shape index (κ1) is 24.9. The molecule has 3 rings (SSSR count). The van der Waals surface area contributed by atoms with Crippen molar-refractivity contribution >= 4 is 11.8 Å². The van der Waals surface area contributed by atoms with Gasteiger partial charge in [-0.3, -0.25) is 9.59 Å². The van der Waals surface area contributed by atoms with E-state index < -0.39 is 6.04 Å². The van der Waals surface area contributed by atoms with Crippen LogP contribution in [0.5, 0.6) is 5.75 Å². The van der Waals surface area contributed by atoms with Crippen LogP contribution < -0.4 is 10.1 Å². The summed E-state index contributed by atoms with van der Waals surface area (Å²) in [6, 6.07) is 23.4. The fraction of sp³-hybridized carbons (Fsp3) is 0.259. The summed E-state index contributed by atoms with van der Waals surface area (Å²) >= 11 is 0. The third kappa shape index (κ3) is 7.71. The molecule has 0 saturated heterocycles. The van der Waals surface area contributed by atoms with Crippen LogP contribution in [0.15, 0.2) is 84.9 Å². The molecule has 0 saturated carbocycles. The van der Waals surface area contributed by atoms with E-state index in [4.69, 9.17) is 9.84 Å². The average molecular weight is 465 g/mol. The van der Waals surface area contributed by atoms with Gasteiger partial charge in [0.2, 0.25) is 5.91 Å². The third-order valence-corrected chi connectivity index (χ3v) is 5.28. The minimum atomic E-state index is -0.821. The smallest absolute Gasteiger partial charge is 0.261 e. The van der Waals surface area contributed by atoms with Crippen molar-refractivity contribution in [1.82, 2.24) is 10.2 Å². The monoisotopic (exact) mass is 464 g/mol. The van der Waals surface area contributed by atoms with Crippen LogP contribution in [0.4, 0.5) is 4.39 Å². The van der Waals surface area contributed by atoms with Crippen molar-refractivity contribution in [3.63, 3.8) is 0 Å². The maximum Gasteiger partial charge on any atom is 0.261 e. The SMILES string of the molecule is O=C(NCCCO)[C@@H](Cc1ccccc1)N(Cc1ccc(F)cc1)C(=O)COc1ccccc1. The van der Waals surface area contributed by atoms with Crippen LogP contribution in [-0.4, -0.2) is 47.6 Å². The summed E-state index contributed by atoms with van der Waals surface area (Å²) in [6.45, 7) is 0.106. The van der Waals surface area contributed by atoms with Crippen molar-refractivity contribution in [3.05, 3.63) is 102 Å². The van der Waals surface area contributed by atoms with E-state index in [1.165, 1.54) is 17.0 Å². The molecule has 178 valence electrons. The molecule has 0 radical (unpaired) electrons. The standard InChI is InChI=1S/C27H29FN2O4/c28-23-14-12-22(13-15-23)19-30(26(32)20-34-24-10-5-2-6-11-24)25(27(33)29-16-7-17-31)18-21-8-3-1-4-9-21/h1-6,8-15,25,31H,7,16-20H2,(H,29,33)/t25-/m1/s1. The van der Waals surface area contributed by atoms with Gasteiger partial charge in [0.1, 0.15) is 17.6 Å². The number of halogens is 1. The van der Waals surface area contributed by atoms with Gasteiger partial charge in [0.05, 0.1) is 0 Å². The van der Waals surface area contributed by atoms with E-state index in [0.717, 1.165) is 5.56 Å². The molecule has 2 N–H and O–H groups in total. The summed E-state index contributed by atoms with van der Waals surface area (Å²) in [4.78, 5) is 28.0. The highest BCUT2D eigenvalue weighted by Gasteiger charge is 2.30. The zero-order chi connectivity index (χ0) is 24.2. The van der Waals surface area contributed by atoms with Gasteiger partial charge < -0.3 is 20.1 Å². The third-order valence-electron chi connectivity index (χ3n) is 5.28. The van der Waals surface area contributed by atoms with E-state index in [1.54, 1.807) is 24.3 Å². The van der Waals surface area contributed by atoms with Crippen molar-refractivity contribution in [3.8, 4) is 5.75 Å². The Bertz CT molecular complexity index is 1030. The number of carbonyl (C=O) groups excluding carboxylic acids is 2. The molecule has 3 aromatic carbocycles. The Morgan fingerprint density at radius 3 is 2.21 bits per heavy atom. The molecule has 0 bridgehead atoms. The highest BCUT2D eigenvalue weighted by Crippen LogP contribution is 2.16. The van der Waals surface area contributed by atoms with Gasteiger partial charge in [-0.25, -0.2) is 4.39 Å². The van der Waals surface area contributed by atoms with Crippen LogP contribution >= 0.6 is 0 Å². The summed E-state index contributed by atoms with van der Waals surface area (Å²) in [5, 5.41) is 11.9. The zero-order valence-electron chi connectivity index (χ0n) is 18.9. The molecular formula is C27H29FN2O4. The fourth-order valence-corrected chi connectivity index (χ4v) is 3.49. The molecule has 0 spiro atoms. The first-order valence-electron chi connectivity index (χ1n) is 11.2. The van der Waals surface area contributed by atoms with Crippen LogP contribution in [0.25, 0.3) is 0 Å². The van der Waals surface area contributed by atoms with Crippen molar-refractivity contribution in [2.24, 2.45) is 0 Å². The molecule has 6 nitrogen and oxygen atoms in total. The van der Waals surface area contributed by atoms with Gasteiger partial charge in [-0.2, -0.15) is 0 Å². The maximum absolute atomic E-state index is 13.5. The minimum absolute atomic E-state index is 0.0488. The lowest BCUT2D eigenvalue weighted by molar-refractivity contribution is -0.142. The summed E-state index contributed by atoms with van der Waals surface area (Å²) < 4.78 is 19.1. The predicted octanol–water partition coefficient (Wildman–Crippen LogP) is 3.34. The molecule has 1 atom stereocenters. The van der Waals surface area contributed by atoms with Gasteiger partial charge in [0, 0.05) is 26.1 Å². The van der Waals surface area contributed by atoms with E-state index in [1.807, 2.05) is 48.5 Å². The van der Waals surface area contributed by atoms with Crippen molar-refractivity contribution < 1.29 is 23.8 Å². The molecule has 7 heteroatoms. The number of hydrogen-bond donors (Lipinski definition) is 2. The molecule has 0 aromatic heterocycles. The van der Waals surface area contributed by atoms with Crippen LogP contribution in [0, 0.1) is 5.82 Å². The Balaban J connectivity index is 1.86. The number of amides is 2. The van der Waals surface area contributed by atoms with Crippen molar-refractivity contribution in [1.29, 1.82) is 0 Å². The van der Waals surface area contributed by atoms with Gasteiger partial charge in [-0.15, -0.1) is 0 Å². The van der Waals surface area contributed by atoms with Crippen LogP contribution in [-0.2, 0) is 22.6 Å². The van der Waals surface area contributed by atoms with Crippen LogP contribution in [0.3, 0.4) is 0 Å². The number of nitrogens with one attached hydrogen (secondary N) is 1. The highest BCUT2D eigenvalue weighted by molar-refractivity contribution is 5.88. The summed E-state index contributed by atoms with van der Waals surface area (Å²) in [5.74, 6) is -0.528. The van der Waals surface area contributed by atoms with Crippen LogP contribution in [0.1, 0.15) is 17.5 Å². The molecule has 0 fully saturated rings. The number of carbonyl (C=O) groups is 2. The second-order valence-electron chi connectivity index (χ2n) is 7.82. The van der Waals surface area contributed by atoms with Crippen molar-refractivity contribution in [2.75, 3.05) is 19.8 Å². The summed E-state index contributed by atoms with van der Waals surface area (Å²) in [7, 11) is 0. The van der Waals surface area contributed by atoms with Gasteiger partial charge in [-0.1, -0.05) is 60.7 Å². The molecule has 3 aromatic rings. The molecule has 34 heavy (non-hydrogen) atoms. The van der Waals surface area contributed by atoms with Crippen molar-refractivity contribution in [2.45, 2.75) is 25.4 Å². The summed E-state index contributed by atoms with van der Waals surface area (Å²) in [6.07, 6.45) is 0.705. The molecule has 0 aliphatic rings.